The van der Waals surface area contributed by atoms with Gasteiger partial charge in [-0.05, 0) is 37.0 Å². The Balaban J connectivity index is 1.53. The third-order valence-electron chi connectivity index (χ3n) is 5.38. The third-order valence-corrected chi connectivity index (χ3v) is 5.38. The van der Waals surface area contributed by atoms with Crippen LogP contribution in [0.25, 0.3) is 0 Å². The minimum atomic E-state index is -0.0866. The molecular formula is C14H20N2O. The normalized spacial score (nSPS) is 46.8. The molecule has 1 saturated carbocycles. The summed E-state index contributed by atoms with van der Waals surface area (Å²) in [5.41, 5.74) is -0.0866. The minimum absolute atomic E-state index is 0.0866. The molecule has 1 N–H and O–H groups in total. The molecule has 0 spiro atoms. The van der Waals surface area contributed by atoms with Crippen molar-refractivity contribution in [3.63, 3.8) is 0 Å². The van der Waals surface area contributed by atoms with Crippen molar-refractivity contribution in [2.45, 2.75) is 19.3 Å². The van der Waals surface area contributed by atoms with Crippen molar-refractivity contribution in [2.24, 2.45) is 23.2 Å². The number of carbonyl (C=O) groups is 1. The average Bonchev–Trinajstić information content (AvgIpc) is 3.07. The predicted octanol–water partition coefficient (Wildman–Crippen LogP) is 1.02. The molecule has 3 fully saturated rings. The number of likely N-dealkylation sites (tertiary alicyclic amines) is 1. The van der Waals surface area contributed by atoms with E-state index in [2.05, 4.69) is 22.4 Å². The summed E-state index contributed by atoms with van der Waals surface area (Å²) < 4.78 is 0. The molecule has 2 heterocycles. The Morgan fingerprint density at radius 2 is 2.06 bits per heavy atom. The SMILES string of the molecule is O=C(N1CC2CNCC2C1)C12C=CC(CC1)C2. The lowest BCUT2D eigenvalue weighted by Gasteiger charge is -2.29. The molecule has 17 heavy (non-hydrogen) atoms. The van der Waals surface area contributed by atoms with E-state index in [4.69, 9.17) is 0 Å². The van der Waals surface area contributed by atoms with Crippen molar-refractivity contribution in [1.82, 2.24) is 10.2 Å². The first kappa shape index (κ1) is 10.1. The maximum atomic E-state index is 12.7. The van der Waals surface area contributed by atoms with E-state index in [9.17, 15) is 4.79 Å². The van der Waals surface area contributed by atoms with E-state index in [0.717, 1.165) is 50.9 Å². The smallest absolute Gasteiger partial charge is 0.232 e. The molecule has 4 aliphatic rings. The molecule has 4 atom stereocenters. The van der Waals surface area contributed by atoms with Crippen LogP contribution in [-0.2, 0) is 4.79 Å². The molecule has 2 bridgehead atoms. The van der Waals surface area contributed by atoms with E-state index in [0.29, 0.717) is 11.8 Å². The highest BCUT2D eigenvalue weighted by molar-refractivity contribution is 5.86. The van der Waals surface area contributed by atoms with Crippen LogP contribution in [0.3, 0.4) is 0 Å². The maximum absolute atomic E-state index is 12.7. The summed E-state index contributed by atoms with van der Waals surface area (Å²) in [5, 5.41) is 3.43. The first-order valence-corrected chi connectivity index (χ1v) is 6.96. The molecule has 0 aromatic heterocycles. The Hall–Kier alpha value is -0.830. The number of carbonyl (C=O) groups excluding carboxylic acids is 1. The van der Waals surface area contributed by atoms with Crippen molar-refractivity contribution in [1.29, 1.82) is 0 Å². The highest BCUT2D eigenvalue weighted by Crippen LogP contribution is 2.50. The monoisotopic (exact) mass is 232 g/mol. The van der Waals surface area contributed by atoms with Gasteiger partial charge in [-0.1, -0.05) is 12.2 Å². The summed E-state index contributed by atoms with van der Waals surface area (Å²) in [6, 6.07) is 0. The van der Waals surface area contributed by atoms with Gasteiger partial charge in [-0.3, -0.25) is 4.79 Å². The van der Waals surface area contributed by atoms with Crippen LogP contribution in [0.4, 0.5) is 0 Å². The van der Waals surface area contributed by atoms with Gasteiger partial charge in [0.1, 0.15) is 0 Å². The number of amides is 1. The van der Waals surface area contributed by atoms with Crippen LogP contribution in [0.1, 0.15) is 19.3 Å². The van der Waals surface area contributed by atoms with Gasteiger partial charge in [0.2, 0.25) is 5.91 Å². The van der Waals surface area contributed by atoms with Gasteiger partial charge in [0, 0.05) is 26.2 Å². The number of allylic oxidation sites excluding steroid dienone is 1. The van der Waals surface area contributed by atoms with Crippen molar-refractivity contribution < 1.29 is 4.79 Å². The largest absolute Gasteiger partial charge is 0.341 e. The van der Waals surface area contributed by atoms with Gasteiger partial charge in [-0.25, -0.2) is 0 Å². The summed E-state index contributed by atoms with van der Waals surface area (Å²) in [6.45, 7) is 4.22. The molecule has 2 saturated heterocycles. The van der Waals surface area contributed by atoms with Gasteiger partial charge in [0.15, 0.2) is 0 Å². The molecule has 3 nitrogen and oxygen atoms in total. The van der Waals surface area contributed by atoms with E-state index >= 15 is 0 Å². The summed E-state index contributed by atoms with van der Waals surface area (Å²) in [4.78, 5) is 14.9. The lowest BCUT2D eigenvalue weighted by Crippen LogP contribution is -2.41. The zero-order chi connectivity index (χ0) is 11.5. The first-order chi connectivity index (χ1) is 8.27. The number of nitrogens with zero attached hydrogens (tertiary/aromatic N) is 1. The lowest BCUT2D eigenvalue weighted by molar-refractivity contribution is -0.138. The van der Waals surface area contributed by atoms with Crippen molar-refractivity contribution >= 4 is 5.91 Å². The zero-order valence-corrected chi connectivity index (χ0v) is 10.2. The molecule has 0 radical (unpaired) electrons. The second-order valence-electron chi connectivity index (χ2n) is 6.41. The van der Waals surface area contributed by atoms with Crippen LogP contribution in [0.2, 0.25) is 0 Å². The van der Waals surface area contributed by atoms with Crippen LogP contribution in [-0.4, -0.2) is 37.0 Å². The quantitative estimate of drug-likeness (QED) is 0.685. The van der Waals surface area contributed by atoms with Crippen LogP contribution in [0.5, 0.6) is 0 Å². The second kappa shape index (κ2) is 3.35. The molecule has 2 aliphatic carbocycles. The Morgan fingerprint density at radius 3 is 2.59 bits per heavy atom. The topological polar surface area (TPSA) is 32.3 Å². The van der Waals surface area contributed by atoms with Crippen molar-refractivity contribution in [3.05, 3.63) is 12.2 Å². The summed E-state index contributed by atoms with van der Waals surface area (Å²) in [7, 11) is 0. The molecule has 1 amide bonds. The standard InChI is InChI=1S/C14H20N2O/c17-13(14-3-1-10(5-14)2-4-14)16-8-11-6-15-7-12(11)9-16/h1,3,10-12,15H,2,4-9H2. The van der Waals surface area contributed by atoms with Gasteiger partial charge in [-0.2, -0.15) is 0 Å². The number of hydrogen-bond acceptors (Lipinski definition) is 2. The van der Waals surface area contributed by atoms with Crippen molar-refractivity contribution in [2.75, 3.05) is 26.2 Å². The second-order valence-corrected chi connectivity index (χ2v) is 6.41. The van der Waals surface area contributed by atoms with Gasteiger partial charge >= 0.3 is 0 Å². The summed E-state index contributed by atoms with van der Waals surface area (Å²) in [5.74, 6) is 2.57. The van der Waals surface area contributed by atoms with E-state index in [1.165, 1.54) is 6.42 Å². The highest BCUT2D eigenvalue weighted by atomic mass is 16.2. The van der Waals surface area contributed by atoms with Crippen molar-refractivity contribution in [3.8, 4) is 0 Å². The molecular weight excluding hydrogens is 212 g/mol. The number of nitrogens with one attached hydrogen (secondary N) is 1. The fourth-order valence-corrected chi connectivity index (χ4v) is 4.35. The van der Waals surface area contributed by atoms with Gasteiger partial charge in [0.25, 0.3) is 0 Å². The molecule has 0 aromatic carbocycles. The Kier molecular flexibility index (Phi) is 1.99. The average molecular weight is 232 g/mol. The molecule has 92 valence electrons. The van der Waals surface area contributed by atoms with Crippen LogP contribution in [0, 0.1) is 23.2 Å². The van der Waals surface area contributed by atoms with Gasteiger partial charge < -0.3 is 10.2 Å². The molecule has 4 unspecified atom stereocenters. The molecule has 2 aliphatic heterocycles. The van der Waals surface area contributed by atoms with Crippen LogP contribution >= 0.6 is 0 Å². The fourth-order valence-electron chi connectivity index (χ4n) is 4.35. The van der Waals surface area contributed by atoms with E-state index < -0.39 is 0 Å². The predicted molar refractivity (Wildman–Crippen MR) is 65.3 cm³/mol. The van der Waals surface area contributed by atoms with Gasteiger partial charge in [0.05, 0.1) is 5.41 Å². The van der Waals surface area contributed by atoms with E-state index in [-0.39, 0.29) is 5.41 Å². The maximum Gasteiger partial charge on any atom is 0.232 e. The van der Waals surface area contributed by atoms with Crippen LogP contribution < -0.4 is 5.32 Å². The summed E-state index contributed by atoms with van der Waals surface area (Å²) in [6.07, 6.45) is 7.91. The number of hydrogen-bond donors (Lipinski definition) is 1. The fraction of sp³-hybridized carbons (Fsp3) is 0.786. The van der Waals surface area contributed by atoms with E-state index in [1.54, 1.807) is 0 Å². The first-order valence-electron chi connectivity index (χ1n) is 6.96. The Morgan fingerprint density at radius 1 is 1.29 bits per heavy atom. The van der Waals surface area contributed by atoms with E-state index in [1.807, 2.05) is 0 Å². The van der Waals surface area contributed by atoms with Crippen LogP contribution in [0.15, 0.2) is 12.2 Å². The Labute approximate surface area is 102 Å². The molecule has 4 rings (SSSR count). The highest BCUT2D eigenvalue weighted by Gasteiger charge is 2.50. The Bertz CT molecular complexity index is 380. The number of fused-ring (bicyclic) bond motifs is 3. The summed E-state index contributed by atoms with van der Waals surface area (Å²) >= 11 is 0. The third kappa shape index (κ3) is 1.35. The number of rotatable bonds is 1. The minimum Gasteiger partial charge on any atom is -0.341 e. The lowest BCUT2D eigenvalue weighted by atomic mass is 9.86. The van der Waals surface area contributed by atoms with Gasteiger partial charge in [-0.15, -0.1) is 0 Å². The molecule has 3 heteroatoms. The molecule has 0 aromatic rings. The zero-order valence-electron chi connectivity index (χ0n) is 10.2.